The van der Waals surface area contributed by atoms with Crippen molar-refractivity contribution >= 4 is 55.4 Å². The summed E-state index contributed by atoms with van der Waals surface area (Å²) in [5, 5.41) is 5.49. The second kappa shape index (κ2) is 5.14. The molecule has 7 rings (SSSR count). The lowest BCUT2D eigenvalue weighted by atomic mass is 9.78. The van der Waals surface area contributed by atoms with Crippen LogP contribution < -0.4 is 5.32 Å². The quantitative estimate of drug-likeness (QED) is 0.322. The van der Waals surface area contributed by atoms with Gasteiger partial charge >= 0.3 is 0 Å². The summed E-state index contributed by atoms with van der Waals surface area (Å²) in [7, 11) is 0. The van der Waals surface area contributed by atoms with Crippen molar-refractivity contribution in [2.24, 2.45) is 0 Å². The van der Waals surface area contributed by atoms with E-state index in [1.165, 1.54) is 6.07 Å². The number of hydrogen-bond donors (Lipinski definition) is 2. The van der Waals surface area contributed by atoms with Crippen molar-refractivity contribution in [3.8, 4) is 0 Å². The number of para-hydroxylation sites is 1. The van der Waals surface area contributed by atoms with Crippen molar-refractivity contribution in [1.82, 2.24) is 14.9 Å². The summed E-state index contributed by atoms with van der Waals surface area (Å²) in [5.74, 6) is -1.14. The number of fused-ring (bicyclic) bond motifs is 10. The van der Waals surface area contributed by atoms with Crippen molar-refractivity contribution in [3.63, 3.8) is 0 Å². The van der Waals surface area contributed by atoms with Crippen LogP contribution in [0.1, 0.15) is 49.4 Å². The van der Waals surface area contributed by atoms with E-state index in [-0.39, 0.29) is 14.1 Å². The molecule has 2 aliphatic heterocycles. The minimum Gasteiger partial charge on any atom is -0.353 e. The van der Waals surface area contributed by atoms with Crippen LogP contribution in [-0.2, 0) is 12.0 Å². The smallest absolute Gasteiger partial charge is 0.259 e. The van der Waals surface area contributed by atoms with Crippen LogP contribution in [0.4, 0.5) is 4.39 Å². The number of aromatic nitrogens is 2. The molecule has 4 heterocycles. The van der Waals surface area contributed by atoms with E-state index in [1.54, 1.807) is 6.07 Å². The maximum Gasteiger partial charge on any atom is 0.259 e. The van der Waals surface area contributed by atoms with E-state index >= 15 is 0 Å². The van der Waals surface area contributed by atoms with Crippen molar-refractivity contribution in [1.29, 1.82) is 0 Å². The molecule has 5 aromatic rings. The second-order valence-corrected chi connectivity index (χ2v) is 9.31. The topological polar surface area (TPSA) is 66.9 Å². The van der Waals surface area contributed by atoms with E-state index in [0.717, 1.165) is 51.4 Å². The third-order valence-electron chi connectivity index (χ3n) is 7.18. The van der Waals surface area contributed by atoms with Gasteiger partial charge in [0.1, 0.15) is 5.82 Å². The number of nitrogens with zero attached hydrogens (tertiary/aromatic N) is 1. The van der Waals surface area contributed by atoms with Crippen molar-refractivity contribution < 1.29 is 16.8 Å². The number of aromatic amines is 1. The van der Waals surface area contributed by atoms with Crippen LogP contribution in [-0.4, -0.2) is 21.4 Å². The molecular weight excluding hydrogens is 393 g/mol. The molecule has 31 heavy (non-hydrogen) atoms. The van der Waals surface area contributed by atoms with Gasteiger partial charge in [-0.1, -0.05) is 32.0 Å². The summed E-state index contributed by atoms with van der Waals surface area (Å²) in [6.45, 7) is 5.01. The third kappa shape index (κ3) is 1.87. The largest absolute Gasteiger partial charge is 0.353 e. The van der Waals surface area contributed by atoms with Crippen molar-refractivity contribution in [2.45, 2.75) is 32.2 Å². The second-order valence-electron chi connectivity index (χ2n) is 9.31. The van der Waals surface area contributed by atoms with Crippen LogP contribution in [0.3, 0.4) is 0 Å². The number of amides is 2. The fourth-order valence-electron chi connectivity index (χ4n) is 5.74. The summed E-state index contributed by atoms with van der Waals surface area (Å²) in [4.78, 5) is 29.4. The van der Waals surface area contributed by atoms with E-state index in [9.17, 15) is 14.0 Å². The Balaban J connectivity index is 0.00000114. The number of benzene rings is 3. The molecule has 156 valence electrons. The average Bonchev–Trinajstić information content (AvgIpc) is 3.35. The van der Waals surface area contributed by atoms with Crippen LogP contribution in [0.15, 0.2) is 36.4 Å². The molecule has 0 aliphatic carbocycles. The van der Waals surface area contributed by atoms with Crippen LogP contribution in [0.2, 0.25) is 0 Å². The molecule has 2 amide bonds. The molecule has 0 saturated heterocycles. The zero-order chi connectivity index (χ0) is 21.2. The molecule has 0 unspecified atom stereocenters. The Kier molecular flexibility index (Phi) is 2.83. The van der Waals surface area contributed by atoms with Gasteiger partial charge in [-0.2, -0.15) is 0 Å². The summed E-state index contributed by atoms with van der Waals surface area (Å²) < 4.78 is 17.0. The fraction of sp³-hybridized carbons (Fsp3) is 0.200. The maximum absolute atomic E-state index is 14.8. The third-order valence-corrected chi connectivity index (χ3v) is 7.18. The first kappa shape index (κ1) is 17.1. The highest BCUT2D eigenvalue weighted by Gasteiger charge is 2.38. The molecule has 2 aliphatic rings. The molecule has 0 saturated carbocycles. The first-order chi connectivity index (χ1) is 14.9. The molecule has 6 heteroatoms. The molecule has 3 aromatic carbocycles. The van der Waals surface area contributed by atoms with Gasteiger partial charge in [0, 0.05) is 36.5 Å². The van der Waals surface area contributed by atoms with Crippen LogP contribution >= 0.6 is 0 Å². The van der Waals surface area contributed by atoms with Gasteiger partial charge in [0.05, 0.1) is 27.7 Å². The molecule has 5 nitrogen and oxygen atoms in total. The van der Waals surface area contributed by atoms with Gasteiger partial charge < -0.3 is 9.55 Å². The summed E-state index contributed by atoms with van der Waals surface area (Å²) in [6, 6.07) is 10.9. The Bertz CT molecular complexity index is 1700. The Hall–Kier alpha value is -3.67. The number of carbonyl (C=O) groups is 2. The summed E-state index contributed by atoms with van der Waals surface area (Å²) >= 11 is 0. The standard InChI is InChI=1S/C25H18FN3O2.2H2/c1-25(2)7-8-29-21-13(9-11(26)10-14(21)25)17-19-18(23(30)28-24(19)31)16-12-5-3-4-6-15(12)27-20(16)22(17)29;;/h3-6,9-10,27H,7-8H2,1-2H3,(H,28,30,31);2*1H. The molecule has 2 aromatic heterocycles. The number of imide groups is 1. The lowest BCUT2D eigenvalue weighted by molar-refractivity contribution is 0.0880. The van der Waals surface area contributed by atoms with Gasteiger partial charge in [-0.25, -0.2) is 4.39 Å². The number of aryl methyl sites for hydroxylation is 1. The average molecular weight is 415 g/mol. The predicted molar refractivity (Wildman–Crippen MR) is 122 cm³/mol. The number of halogens is 1. The van der Waals surface area contributed by atoms with Gasteiger partial charge in [0.2, 0.25) is 0 Å². The zero-order valence-corrected chi connectivity index (χ0v) is 17.0. The zero-order valence-electron chi connectivity index (χ0n) is 17.0. The lowest BCUT2D eigenvalue weighted by Gasteiger charge is -2.32. The maximum atomic E-state index is 14.8. The Morgan fingerprint density at radius 2 is 1.74 bits per heavy atom. The minimum absolute atomic E-state index is 0. The van der Waals surface area contributed by atoms with Crippen LogP contribution in [0.5, 0.6) is 0 Å². The summed E-state index contributed by atoms with van der Waals surface area (Å²) in [6.07, 6.45) is 0.853. The van der Waals surface area contributed by atoms with Gasteiger partial charge in [0.15, 0.2) is 0 Å². The molecule has 0 spiro atoms. The predicted octanol–water partition coefficient (Wildman–Crippen LogP) is 5.63. The van der Waals surface area contributed by atoms with E-state index in [4.69, 9.17) is 0 Å². The number of carbonyl (C=O) groups excluding carboxylic acids is 2. The highest BCUT2D eigenvalue weighted by atomic mass is 19.1. The van der Waals surface area contributed by atoms with Crippen molar-refractivity contribution in [2.75, 3.05) is 0 Å². The number of rotatable bonds is 0. The highest BCUT2D eigenvalue weighted by Crippen LogP contribution is 2.48. The fourth-order valence-corrected chi connectivity index (χ4v) is 5.74. The Morgan fingerprint density at radius 3 is 2.55 bits per heavy atom. The van der Waals surface area contributed by atoms with Crippen molar-refractivity contribution in [3.05, 3.63) is 58.9 Å². The molecule has 2 N–H and O–H groups in total. The van der Waals surface area contributed by atoms with Gasteiger partial charge in [-0.05, 0) is 35.6 Å². The first-order valence-corrected chi connectivity index (χ1v) is 10.4. The molecule has 0 bridgehead atoms. The van der Waals surface area contributed by atoms with Gasteiger partial charge in [-0.15, -0.1) is 0 Å². The molecule has 0 radical (unpaired) electrons. The van der Waals surface area contributed by atoms with Gasteiger partial charge in [-0.3, -0.25) is 14.9 Å². The summed E-state index contributed by atoms with van der Waals surface area (Å²) in [5.41, 5.74) is 5.03. The van der Waals surface area contributed by atoms with E-state index < -0.39 is 11.8 Å². The Labute approximate surface area is 178 Å². The lowest BCUT2D eigenvalue weighted by Crippen LogP contribution is -2.25. The SMILES string of the molecule is CC1(C)CCn2c3c1cc(F)cc3c1c3c(c4c5ccccc5[nH]c4c12)C(=O)NC3=O.[HH].[HH]. The van der Waals surface area contributed by atoms with Gasteiger partial charge in [0.25, 0.3) is 11.8 Å². The Morgan fingerprint density at radius 1 is 1.00 bits per heavy atom. The number of H-pyrrole nitrogens is 1. The first-order valence-electron chi connectivity index (χ1n) is 10.4. The van der Waals surface area contributed by atoms with E-state index in [1.807, 2.05) is 24.3 Å². The normalized spacial score (nSPS) is 17.3. The highest BCUT2D eigenvalue weighted by molar-refractivity contribution is 6.39. The number of nitrogens with one attached hydrogen (secondary N) is 2. The minimum atomic E-state index is -0.416. The molecule has 0 fully saturated rings. The van der Waals surface area contributed by atoms with Crippen LogP contribution in [0, 0.1) is 5.82 Å². The number of hydrogen-bond acceptors (Lipinski definition) is 2. The van der Waals surface area contributed by atoms with E-state index in [0.29, 0.717) is 21.9 Å². The molecular formula is C25H22FN3O2. The monoisotopic (exact) mass is 415 g/mol. The van der Waals surface area contributed by atoms with Crippen LogP contribution in [0.25, 0.3) is 43.6 Å². The molecule has 0 atom stereocenters. The van der Waals surface area contributed by atoms with E-state index in [2.05, 4.69) is 28.7 Å².